The minimum Gasteiger partial charge on any atom is -0.491 e. The maximum absolute atomic E-state index is 6.11. The van der Waals surface area contributed by atoms with Gasteiger partial charge in [-0.3, -0.25) is 0 Å². The van der Waals surface area contributed by atoms with E-state index in [1.807, 2.05) is 13.0 Å². The number of rotatable bonds is 2. The Hall–Kier alpha value is -0.730. The van der Waals surface area contributed by atoms with Crippen molar-refractivity contribution in [2.75, 3.05) is 6.61 Å². The van der Waals surface area contributed by atoms with Crippen molar-refractivity contribution in [2.45, 2.75) is 13.8 Å². The Labute approximate surface area is 92.3 Å². The van der Waals surface area contributed by atoms with Crippen LogP contribution >= 0.6 is 22.9 Å². The maximum atomic E-state index is 6.11. The lowest BCUT2D eigenvalue weighted by molar-refractivity contribution is 0.345. The van der Waals surface area contributed by atoms with Crippen LogP contribution in [0.1, 0.15) is 12.5 Å². The standard InChI is InChI=1S/C11H11ClOS/c1-3-13-10-9-7(2)5-4-6-8(9)14-11(10)12/h4-6H,3H2,1-2H3. The Kier molecular flexibility index (Phi) is 2.66. The molecule has 2 aromatic rings. The highest BCUT2D eigenvalue weighted by Gasteiger charge is 2.12. The topological polar surface area (TPSA) is 9.23 Å². The summed E-state index contributed by atoms with van der Waals surface area (Å²) in [6.45, 7) is 4.70. The quantitative estimate of drug-likeness (QED) is 0.744. The van der Waals surface area contributed by atoms with Gasteiger partial charge in [0.2, 0.25) is 0 Å². The second-order valence-corrected chi connectivity index (χ2v) is 4.74. The predicted molar refractivity (Wildman–Crippen MR) is 62.7 cm³/mol. The number of hydrogen-bond donors (Lipinski definition) is 0. The van der Waals surface area contributed by atoms with Gasteiger partial charge in [-0.05, 0) is 25.5 Å². The third-order valence-electron chi connectivity index (χ3n) is 2.13. The Bertz CT molecular complexity index is 462. The summed E-state index contributed by atoms with van der Waals surface area (Å²) in [5.74, 6) is 0.840. The van der Waals surface area contributed by atoms with Gasteiger partial charge in [0.15, 0.2) is 5.75 Å². The Morgan fingerprint density at radius 3 is 2.93 bits per heavy atom. The molecule has 74 valence electrons. The van der Waals surface area contributed by atoms with Crippen LogP contribution in [0.3, 0.4) is 0 Å². The fraction of sp³-hybridized carbons (Fsp3) is 0.273. The van der Waals surface area contributed by atoms with Gasteiger partial charge in [-0.2, -0.15) is 0 Å². The summed E-state index contributed by atoms with van der Waals surface area (Å²) in [5, 5.41) is 1.16. The Balaban J connectivity index is 2.73. The highest BCUT2D eigenvalue weighted by atomic mass is 35.5. The van der Waals surface area contributed by atoms with Crippen molar-refractivity contribution in [1.29, 1.82) is 0 Å². The van der Waals surface area contributed by atoms with Gasteiger partial charge in [-0.25, -0.2) is 0 Å². The smallest absolute Gasteiger partial charge is 0.156 e. The van der Waals surface area contributed by atoms with E-state index in [-0.39, 0.29) is 0 Å². The minimum absolute atomic E-state index is 0.653. The first-order valence-corrected chi connectivity index (χ1v) is 5.74. The summed E-state index contributed by atoms with van der Waals surface area (Å²) in [6.07, 6.45) is 0. The van der Waals surface area contributed by atoms with Crippen molar-refractivity contribution in [2.24, 2.45) is 0 Å². The minimum atomic E-state index is 0.653. The normalized spacial score (nSPS) is 10.8. The van der Waals surface area contributed by atoms with Crippen molar-refractivity contribution in [3.8, 4) is 5.75 Å². The molecule has 0 unspecified atom stereocenters. The fourth-order valence-electron chi connectivity index (χ4n) is 1.53. The highest BCUT2D eigenvalue weighted by Crippen LogP contribution is 2.42. The first-order valence-electron chi connectivity index (χ1n) is 4.54. The molecule has 0 N–H and O–H groups in total. The molecule has 1 heterocycles. The molecule has 0 saturated heterocycles. The van der Waals surface area contributed by atoms with E-state index in [1.165, 1.54) is 10.3 Å². The van der Waals surface area contributed by atoms with Crippen molar-refractivity contribution in [1.82, 2.24) is 0 Å². The molecule has 1 aromatic heterocycles. The van der Waals surface area contributed by atoms with E-state index >= 15 is 0 Å². The van der Waals surface area contributed by atoms with Gasteiger partial charge in [0.1, 0.15) is 4.34 Å². The molecule has 0 aliphatic heterocycles. The van der Waals surface area contributed by atoms with Crippen molar-refractivity contribution >= 4 is 33.0 Å². The number of benzene rings is 1. The molecule has 0 amide bonds. The first-order chi connectivity index (χ1) is 6.74. The van der Waals surface area contributed by atoms with Crippen LogP contribution in [0, 0.1) is 6.92 Å². The molecular weight excluding hydrogens is 216 g/mol. The lowest BCUT2D eigenvalue weighted by Gasteiger charge is -2.03. The number of aryl methyl sites for hydroxylation is 1. The molecule has 0 aliphatic rings. The molecule has 0 atom stereocenters. The average molecular weight is 227 g/mol. The molecule has 1 nitrogen and oxygen atoms in total. The molecule has 0 aliphatic carbocycles. The molecule has 14 heavy (non-hydrogen) atoms. The van der Waals surface area contributed by atoms with Gasteiger partial charge in [0.05, 0.1) is 6.61 Å². The van der Waals surface area contributed by atoms with Crippen molar-refractivity contribution < 1.29 is 4.74 Å². The Morgan fingerprint density at radius 1 is 1.43 bits per heavy atom. The summed E-state index contributed by atoms with van der Waals surface area (Å²) in [6, 6.07) is 6.19. The van der Waals surface area contributed by atoms with Gasteiger partial charge in [-0.1, -0.05) is 23.7 Å². The van der Waals surface area contributed by atoms with E-state index in [4.69, 9.17) is 16.3 Å². The van der Waals surface area contributed by atoms with Crippen LogP contribution in [0.4, 0.5) is 0 Å². The summed E-state index contributed by atoms with van der Waals surface area (Å²) in [5.41, 5.74) is 1.22. The van der Waals surface area contributed by atoms with E-state index in [9.17, 15) is 0 Å². The molecule has 3 heteroatoms. The molecule has 1 aromatic carbocycles. The number of fused-ring (bicyclic) bond motifs is 1. The van der Waals surface area contributed by atoms with Crippen molar-refractivity contribution in [3.63, 3.8) is 0 Å². The van der Waals surface area contributed by atoms with Gasteiger partial charge in [0, 0.05) is 10.1 Å². The third-order valence-corrected chi connectivity index (χ3v) is 3.46. The molecule has 0 fully saturated rings. The average Bonchev–Trinajstić information content (AvgIpc) is 2.45. The monoisotopic (exact) mass is 226 g/mol. The molecule has 2 rings (SSSR count). The van der Waals surface area contributed by atoms with Crippen LogP contribution in [-0.4, -0.2) is 6.61 Å². The number of ether oxygens (including phenoxy) is 1. The van der Waals surface area contributed by atoms with E-state index in [1.54, 1.807) is 11.3 Å². The number of thiophene rings is 1. The molecule has 0 spiro atoms. The lowest BCUT2D eigenvalue weighted by Crippen LogP contribution is -1.90. The fourth-order valence-corrected chi connectivity index (χ4v) is 2.88. The van der Waals surface area contributed by atoms with Gasteiger partial charge >= 0.3 is 0 Å². The van der Waals surface area contributed by atoms with Crippen molar-refractivity contribution in [3.05, 3.63) is 28.1 Å². The first kappa shape index (κ1) is 9.81. The SMILES string of the molecule is CCOc1c(Cl)sc2cccc(C)c12. The number of hydrogen-bond acceptors (Lipinski definition) is 2. The zero-order valence-electron chi connectivity index (χ0n) is 8.13. The van der Waals surface area contributed by atoms with Crippen LogP contribution < -0.4 is 4.74 Å². The zero-order chi connectivity index (χ0) is 10.1. The largest absolute Gasteiger partial charge is 0.491 e. The van der Waals surface area contributed by atoms with E-state index in [0.29, 0.717) is 6.61 Å². The summed E-state index contributed by atoms with van der Waals surface area (Å²) >= 11 is 7.69. The molecular formula is C11H11ClOS. The molecule has 0 saturated carbocycles. The Morgan fingerprint density at radius 2 is 2.21 bits per heavy atom. The van der Waals surface area contributed by atoms with Crippen LogP contribution in [0.15, 0.2) is 18.2 Å². The van der Waals surface area contributed by atoms with Crippen LogP contribution in [0.2, 0.25) is 4.34 Å². The molecule has 0 radical (unpaired) electrons. The van der Waals surface area contributed by atoms with Crippen LogP contribution in [0.25, 0.3) is 10.1 Å². The third kappa shape index (κ3) is 1.49. The van der Waals surface area contributed by atoms with E-state index < -0.39 is 0 Å². The highest BCUT2D eigenvalue weighted by molar-refractivity contribution is 7.23. The van der Waals surface area contributed by atoms with Crippen LogP contribution in [0.5, 0.6) is 5.75 Å². The zero-order valence-corrected chi connectivity index (χ0v) is 9.71. The summed E-state index contributed by atoms with van der Waals surface area (Å²) < 4.78 is 7.49. The van der Waals surface area contributed by atoms with Gasteiger partial charge in [0.25, 0.3) is 0 Å². The van der Waals surface area contributed by atoms with Gasteiger partial charge < -0.3 is 4.74 Å². The van der Waals surface area contributed by atoms with E-state index in [0.717, 1.165) is 15.5 Å². The summed E-state index contributed by atoms with van der Waals surface area (Å²) in [7, 11) is 0. The lowest BCUT2D eigenvalue weighted by atomic mass is 10.1. The maximum Gasteiger partial charge on any atom is 0.156 e. The number of halogens is 1. The van der Waals surface area contributed by atoms with E-state index in [2.05, 4.69) is 19.1 Å². The van der Waals surface area contributed by atoms with Gasteiger partial charge in [-0.15, -0.1) is 11.3 Å². The van der Waals surface area contributed by atoms with Crippen LogP contribution in [-0.2, 0) is 0 Å². The second kappa shape index (κ2) is 3.79. The molecule has 0 bridgehead atoms. The second-order valence-electron chi connectivity index (χ2n) is 3.09. The summed E-state index contributed by atoms with van der Waals surface area (Å²) in [4.78, 5) is 0. The predicted octanol–water partition coefficient (Wildman–Crippen LogP) is 4.26.